The van der Waals surface area contributed by atoms with Crippen LogP contribution in [-0.4, -0.2) is 44.0 Å². The maximum atomic E-state index is 12.5. The molecule has 0 unspecified atom stereocenters. The van der Waals surface area contributed by atoms with Crippen molar-refractivity contribution in [1.82, 2.24) is 4.31 Å². The number of fused-ring (bicyclic) bond motifs is 1. The molecule has 0 saturated heterocycles. The molecule has 1 heterocycles. The summed E-state index contributed by atoms with van der Waals surface area (Å²) in [5.74, 6) is 0.983. The summed E-state index contributed by atoms with van der Waals surface area (Å²) in [7, 11) is -3.65. The van der Waals surface area contributed by atoms with E-state index in [2.05, 4.69) is 0 Å². The van der Waals surface area contributed by atoms with E-state index in [1.165, 1.54) is 16.4 Å². The fourth-order valence-electron chi connectivity index (χ4n) is 1.87. The van der Waals surface area contributed by atoms with Crippen LogP contribution in [0.25, 0.3) is 0 Å². The SMILES string of the molecule is CCN(CC(N)=S)S(=O)(=O)c1ccc2c(c1)OCCO2. The molecule has 0 bridgehead atoms. The molecule has 20 heavy (non-hydrogen) atoms. The van der Waals surface area contributed by atoms with E-state index >= 15 is 0 Å². The van der Waals surface area contributed by atoms with Crippen molar-refractivity contribution < 1.29 is 17.9 Å². The molecule has 0 spiro atoms. The quantitative estimate of drug-likeness (QED) is 0.808. The third-order valence-electron chi connectivity index (χ3n) is 2.84. The van der Waals surface area contributed by atoms with Crippen molar-refractivity contribution in [3.05, 3.63) is 18.2 Å². The van der Waals surface area contributed by atoms with Gasteiger partial charge in [0, 0.05) is 12.6 Å². The van der Waals surface area contributed by atoms with Gasteiger partial charge in [-0.15, -0.1) is 0 Å². The molecule has 0 radical (unpaired) electrons. The van der Waals surface area contributed by atoms with E-state index in [-0.39, 0.29) is 23.0 Å². The lowest BCUT2D eigenvalue weighted by atomic mass is 10.3. The zero-order chi connectivity index (χ0) is 14.8. The Morgan fingerprint density at radius 1 is 1.35 bits per heavy atom. The van der Waals surface area contributed by atoms with E-state index in [0.29, 0.717) is 24.7 Å². The number of hydrogen-bond acceptors (Lipinski definition) is 5. The number of benzene rings is 1. The summed E-state index contributed by atoms with van der Waals surface area (Å²) < 4.78 is 37.0. The summed E-state index contributed by atoms with van der Waals surface area (Å²) in [5.41, 5.74) is 5.44. The largest absolute Gasteiger partial charge is 0.486 e. The topological polar surface area (TPSA) is 81.9 Å². The van der Waals surface area contributed by atoms with Gasteiger partial charge < -0.3 is 15.2 Å². The molecule has 110 valence electrons. The molecule has 0 fully saturated rings. The van der Waals surface area contributed by atoms with Gasteiger partial charge in [0.05, 0.1) is 16.4 Å². The second-order valence-electron chi connectivity index (χ2n) is 4.20. The number of sulfonamides is 1. The maximum absolute atomic E-state index is 12.5. The molecule has 8 heteroatoms. The second-order valence-corrected chi connectivity index (χ2v) is 6.67. The van der Waals surface area contributed by atoms with Crippen molar-refractivity contribution in [3.63, 3.8) is 0 Å². The Balaban J connectivity index is 2.35. The van der Waals surface area contributed by atoms with Crippen molar-refractivity contribution in [2.75, 3.05) is 26.3 Å². The smallest absolute Gasteiger partial charge is 0.243 e. The minimum absolute atomic E-state index is 0.0165. The van der Waals surface area contributed by atoms with Gasteiger partial charge in [0.1, 0.15) is 13.2 Å². The van der Waals surface area contributed by atoms with Crippen molar-refractivity contribution in [2.24, 2.45) is 5.73 Å². The molecule has 1 aliphatic heterocycles. The number of ether oxygens (including phenoxy) is 2. The van der Waals surface area contributed by atoms with Gasteiger partial charge in [0.25, 0.3) is 0 Å². The van der Waals surface area contributed by atoms with Crippen LogP contribution < -0.4 is 15.2 Å². The maximum Gasteiger partial charge on any atom is 0.243 e. The van der Waals surface area contributed by atoms with Crippen LogP contribution in [0.3, 0.4) is 0 Å². The second kappa shape index (κ2) is 5.94. The summed E-state index contributed by atoms with van der Waals surface area (Å²) in [5, 5.41) is 0. The third kappa shape index (κ3) is 3.02. The molecule has 0 aromatic heterocycles. The highest BCUT2D eigenvalue weighted by Gasteiger charge is 2.25. The van der Waals surface area contributed by atoms with Crippen LogP contribution >= 0.6 is 12.2 Å². The molecular weight excluding hydrogens is 300 g/mol. The summed E-state index contributed by atoms with van der Waals surface area (Å²) in [6.07, 6.45) is 0. The lowest BCUT2D eigenvalue weighted by molar-refractivity contribution is 0.171. The molecule has 0 atom stereocenters. The van der Waals surface area contributed by atoms with Gasteiger partial charge in [-0.25, -0.2) is 8.42 Å². The summed E-state index contributed by atoms with van der Waals surface area (Å²) in [6, 6.07) is 4.55. The molecule has 1 aliphatic rings. The van der Waals surface area contributed by atoms with Crippen molar-refractivity contribution in [2.45, 2.75) is 11.8 Å². The zero-order valence-corrected chi connectivity index (χ0v) is 12.7. The van der Waals surface area contributed by atoms with E-state index in [4.69, 9.17) is 27.4 Å². The molecule has 2 N–H and O–H groups in total. The van der Waals surface area contributed by atoms with E-state index < -0.39 is 10.0 Å². The van der Waals surface area contributed by atoms with Crippen LogP contribution in [0.15, 0.2) is 23.1 Å². The molecule has 0 amide bonds. The van der Waals surface area contributed by atoms with Crippen molar-refractivity contribution >= 4 is 27.2 Å². The minimum atomic E-state index is -3.65. The highest BCUT2D eigenvalue weighted by atomic mass is 32.2. The molecule has 1 aromatic carbocycles. The Hall–Kier alpha value is -1.38. The monoisotopic (exact) mass is 316 g/mol. The third-order valence-corrected chi connectivity index (χ3v) is 4.88. The van der Waals surface area contributed by atoms with Gasteiger partial charge in [-0.3, -0.25) is 0 Å². The average Bonchev–Trinajstić information content (AvgIpc) is 2.43. The fraction of sp³-hybridized carbons (Fsp3) is 0.417. The first-order valence-corrected chi connectivity index (χ1v) is 7.98. The highest BCUT2D eigenvalue weighted by Crippen LogP contribution is 2.33. The van der Waals surface area contributed by atoms with E-state index in [0.717, 1.165) is 0 Å². The van der Waals surface area contributed by atoms with Gasteiger partial charge in [0.15, 0.2) is 11.5 Å². The molecule has 0 aliphatic carbocycles. The summed E-state index contributed by atoms with van der Waals surface area (Å²) in [4.78, 5) is 0.271. The van der Waals surface area contributed by atoms with Gasteiger partial charge in [0.2, 0.25) is 10.0 Å². The zero-order valence-electron chi connectivity index (χ0n) is 11.0. The number of nitrogens with zero attached hydrogens (tertiary/aromatic N) is 1. The minimum Gasteiger partial charge on any atom is -0.486 e. The first-order chi connectivity index (χ1) is 9.45. The van der Waals surface area contributed by atoms with Gasteiger partial charge in [-0.05, 0) is 12.1 Å². The lowest BCUT2D eigenvalue weighted by Gasteiger charge is -2.22. The van der Waals surface area contributed by atoms with Crippen LogP contribution in [0.2, 0.25) is 0 Å². The lowest BCUT2D eigenvalue weighted by Crippen LogP contribution is -2.37. The number of hydrogen-bond donors (Lipinski definition) is 1. The van der Waals surface area contributed by atoms with E-state index in [1.807, 2.05) is 0 Å². The highest BCUT2D eigenvalue weighted by molar-refractivity contribution is 7.89. The molecule has 2 rings (SSSR count). The molecular formula is C12H16N2O4S2. The standard InChI is InChI=1S/C12H16N2O4S2/c1-2-14(8-12(13)19)20(15,16)9-3-4-10-11(7-9)18-6-5-17-10/h3-4,7H,2,5-6,8H2,1H3,(H2,13,19). The number of rotatable bonds is 5. The summed E-state index contributed by atoms with van der Waals surface area (Å²) >= 11 is 4.78. The molecule has 0 saturated carbocycles. The average molecular weight is 316 g/mol. The van der Waals surface area contributed by atoms with Gasteiger partial charge >= 0.3 is 0 Å². The van der Waals surface area contributed by atoms with Crippen LogP contribution in [0.4, 0.5) is 0 Å². The number of likely N-dealkylation sites (N-methyl/N-ethyl adjacent to an activating group) is 1. The molecule has 6 nitrogen and oxygen atoms in total. The number of thiocarbonyl (C=S) groups is 1. The Labute approximate surface area is 123 Å². The predicted molar refractivity (Wildman–Crippen MR) is 78.7 cm³/mol. The first kappa shape index (κ1) is 15.0. The Bertz CT molecular complexity index is 616. The normalized spacial score (nSPS) is 14.3. The van der Waals surface area contributed by atoms with E-state index in [1.54, 1.807) is 13.0 Å². The van der Waals surface area contributed by atoms with Crippen molar-refractivity contribution in [3.8, 4) is 11.5 Å². The van der Waals surface area contributed by atoms with Crippen molar-refractivity contribution in [1.29, 1.82) is 0 Å². The van der Waals surface area contributed by atoms with Crippen LogP contribution in [-0.2, 0) is 10.0 Å². The molecule has 1 aromatic rings. The summed E-state index contributed by atoms with van der Waals surface area (Å²) in [6.45, 7) is 2.90. The van der Waals surface area contributed by atoms with Gasteiger partial charge in [-0.2, -0.15) is 4.31 Å². The van der Waals surface area contributed by atoms with Gasteiger partial charge in [-0.1, -0.05) is 19.1 Å². The van der Waals surface area contributed by atoms with Crippen LogP contribution in [0.1, 0.15) is 6.92 Å². The Morgan fingerprint density at radius 3 is 2.60 bits per heavy atom. The van der Waals surface area contributed by atoms with Crippen LogP contribution in [0, 0.1) is 0 Å². The predicted octanol–water partition coefficient (Wildman–Crippen LogP) is 0.755. The number of nitrogens with two attached hydrogens (primary N) is 1. The Kier molecular flexibility index (Phi) is 4.46. The first-order valence-electron chi connectivity index (χ1n) is 6.13. The van der Waals surface area contributed by atoms with Crippen LogP contribution in [0.5, 0.6) is 11.5 Å². The van der Waals surface area contributed by atoms with E-state index in [9.17, 15) is 8.42 Å². The fourth-order valence-corrected chi connectivity index (χ4v) is 3.55. The Morgan fingerprint density at radius 2 is 2.00 bits per heavy atom.